The van der Waals surface area contributed by atoms with E-state index in [9.17, 15) is 4.79 Å². The van der Waals surface area contributed by atoms with Crippen molar-refractivity contribution in [3.63, 3.8) is 0 Å². The SMILES string of the molecule is O=C(CSC1CCNCC1)Nc1ccc2ccccc2c1. The molecule has 0 bridgehead atoms. The van der Waals surface area contributed by atoms with Crippen LogP contribution in [0.5, 0.6) is 0 Å². The first-order valence-electron chi connectivity index (χ1n) is 7.42. The number of hydrogen-bond donors (Lipinski definition) is 2. The minimum atomic E-state index is 0.0915. The molecule has 0 atom stereocenters. The number of piperidine rings is 1. The summed E-state index contributed by atoms with van der Waals surface area (Å²) >= 11 is 1.78. The maximum absolute atomic E-state index is 12.0. The number of carbonyl (C=O) groups is 1. The molecule has 1 fully saturated rings. The Morgan fingerprint density at radius 1 is 1.14 bits per heavy atom. The fourth-order valence-electron chi connectivity index (χ4n) is 2.62. The van der Waals surface area contributed by atoms with Crippen molar-refractivity contribution < 1.29 is 4.79 Å². The van der Waals surface area contributed by atoms with Crippen LogP contribution in [0.4, 0.5) is 5.69 Å². The Morgan fingerprint density at radius 2 is 1.90 bits per heavy atom. The van der Waals surface area contributed by atoms with Crippen molar-refractivity contribution in [3.05, 3.63) is 42.5 Å². The molecule has 3 nitrogen and oxygen atoms in total. The molecule has 3 rings (SSSR count). The van der Waals surface area contributed by atoms with Gasteiger partial charge in [0, 0.05) is 10.9 Å². The van der Waals surface area contributed by atoms with Gasteiger partial charge >= 0.3 is 0 Å². The fourth-order valence-corrected chi connectivity index (χ4v) is 3.65. The number of anilines is 1. The van der Waals surface area contributed by atoms with Gasteiger partial charge in [-0.2, -0.15) is 0 Å². The van der Waals surface area contributed by atoms with Gasteiger partial charge in [0.25, 0.3) is 0 Å². The maximum atomic E-state index is 12.0. The molecule has 0 saturated carbocycles. The first kappa shape index (κ1) is 14.4. The van der Waals surface area contributed by atoms with Crippen molar-refractivity contribution in [2.75, 3.05) is 24.2 Å². The second kappa shape index (κ2) is 6.96. The van der Waals surface area contributed by atoms with Gasteiger partial charge in [-0.1, -0.05) is 30.3 Å². The average molecular weight is 300 g/mol. The number of benzene rings is 2. The van der Waals surface area contributed by atoms with Crippen LogP contribution in [0.3, 0.4) is 0 Å². The van der Waals surface area contributed by atoms with Gasteiger partial charge < -0.3 is 10.6 Å². The summed E-state index contributed by atoms with van der Waals surface area (Å²) in [5.74, 6) is 0.631. The Labute approximate surface area is 129 Å². The third-order valence-corrected chi connectivity index (χ3v) is 5.14. The monoisotopic (exact) mass is 300 g/mol. The molecular formula is C17H20N2OS. The third kappa shape index (κ3) is 3.99. The predicted molar refractivity (Wildman–Crippen MR) is 90.9 cm³/mol. The molecule has 1 saturated heterocycles. The topological polar surface area (TPSA) is 41.1 Å². The van der Waals surface area contributed by atoms with Gasteiger partial charge in [-0.3, -0.25) is 4.79 Å². The molecule has 0 unspecified atom stereocenters. The average Bonchev–Trinajstić information content (AvgIpc) is 2.54. The molecule has 0 aliphatic carbocycles. The molecular weight excluding hydrogens is 280 g/mol. The molecule has 2 aromatic carbocycles. The van der Waals surface area contributed by atoms with Crippen molar-refractivity contribution in [1.29, 1.82) is 0 Å². The highest BCUT2D eigenvalue weighted by Crippen LogP contribution is 2.22. The van der Waals surface area contributed by atoms with Crippen LogP contribution in [0.25, 0.3) is 10.8 Å². The van der Waals surface area contributed by atoms with Crippen molar-refractivity contribution in [3.8, 4) is 0 Å². The highest BCUT2D eigenvalue weighted by atomic mass is 32.2. The first-order chi connectivity index (χ1) is 10.3. The van der Waals surface area contributed by atoms with Gasteiger partial charge in [-0.15, -0.1) is 11.8 Å². The quantitative estimate of drug-likeness (QED) is 0.910. The molecule has 110 valence electrons. The first-order valence-corrected chi connectivity index (χ1v) is 8.47. The molecule has 21 heavy (non-hydrogen) atoms. The molecule has 1 heterocycles. The van der Waals surface area contributed by atoms with E-state index in [2.05, 4.69) is 22.8 Å². The molecule has 1 aliphatic rings. The van der Waals surface area contributed by atoms with Crippen molar-refractivity contribution in [2.24, 2.45) is 0 Å². The van der Waals surface area contributed by atoms with Crippen molar-refractivity contribution >= 4 is 34.1 Å². The van der Waals surface area contributed by atoms with E-state index in [-0.39, 0.29) is 5.91 Å². The summed E-state index contributed by atoms with van der Waals surface area (Å²) in [5, 5.41) is 9.31. The van der Waals surface area contributed by atoms with E-state index in [1.165, 1.54) is 5.39 Å². The number of hydrogen-bond acceptors (Lipinski definition) is 3. The lowest BCUT2D eigenvalue weighted by atomic mass is 10.1. The van der Waals surface area contributed by atoms with E-state index in [1.54, 1.807) is 11.8 Å². The van der Waals surface area contributed by atoms with Crippen LogP contribution in [0.15, 0.2) is 42.5 Å². The number of fused-ring (bicyclic) bond motifs is 1. The van der Waals surface area contributed by atoms with E-state index < -0.39 is 0 Å². The summed E-state index contributed by atoms with van der Waals surface area (Å²) in [5.41, 5.74) is 0.879. The lowest BCUT2D eigenvalue weighted by Crippen LogP contribution is -2.30. The van der Waals surface area contributed by atoms with Gasteiger partial charge in [0.15, 0.2) is 0 Å². The van der Waals surface area contributed by atoms with Gasteiger partial charge in [0.2, 0.25) is 5.91 Å². The standard InChI is InChI=1S/C17H20N2OS/c20-17(12-21-16-7-9-18-10-8-16)19-15-6-5-13-3-1-2-4-14(13)11-15/h1-6,11,16,18H,7-10,12H2,(H,19,20). The number of thioether (sulfide) groups is 1. The van der Waals surface area contributed by atoms with Gasteiger partial charge in [-0.25, -0.2) is 0 Å². The number of rotatable bonds is 4. The smallest absolute Gasteiger partial charge is 0.234 e. The number of amides is 1. The highest BCUT2D eigenvalue weighted by molar-refractivity contribution is 8.00. The van der Waals surface area contributed by atoms with E-state index in [0.717, 1.165) is 37.0 Å². The Hall–Kier alpha value is -1.52. The van der Waals surface area contributed by atoms with Crippen LogP contribution < -0.4 is 10.6 Å². The number of carbonyl (C=O) groups excluding carboxylic acids is 1. The largest absolute Gasteiger partial charge is 0.325 e. The van der Waals surface area contributed by atoms with E-state index in [4.69, 9.17) is 0 Å². The molecule has 0 spiro atoms. The Kier molecular flexibility index (Phi) is 4.78. The number of nitrogens with one attached hydrogen (secondary N) is 2. The van der Waals surface area contributed by atoms with Crippen LogP contribution >= 0.6 is 11.8 Å². The van der Waals surface area contributed by atoms with Crippen LogP contribution in [0, 0.1) is 0 Å². The molecule has 1 aliphatic heterocycles. The van der Waals surface area contributed by atoms with Crippen LogP contribution in [0.1, 0.15) is 12.8 Å². The van der Waals surface area contributed by atoms with Crippen LogP contribution in [-0.2, 0) is 4.79 Å². The van der Waals surface area contributed by atoms with Gasteiger partial charge in [0.1, 0.15) is 0 Å². The summed E-state index contributed by atoms with van der Waals surface area (Å²) in [7, 11) is 0. The minimum absolute atomic E-state index is 0.0915. The Morgan fingerprint density at radius 3 is 2.71 bits per heavy atom. The highest BCUT2D eigenvalue weighted by Gasteiger charge is 2.14. The van der Waals surface area contributed by atoms with Gasteiger partial charge in [-0.05, 0) is 48.8 Å². The van der Waals surface area contributed by atoms with Crippen molar-refractivity contribution in [2.45, 2.75) is 18.1 Å². The zero-order valence-corrected chi connectivity index (χ0v) is 12.8. The normalized spacial score (nSPS) is 16.0. The van der Waals surface area contributed by atoms with E-state index >= 15 is 0 Å². The molecule has 1 amide bonds. The minimum Gasteiger partial charge on any atom is -0.325 e. The summed E-state index contributed by atoms with van der Waals surface area (Å²) in [6, 6.07) is 14.2. The Balaban J connectivity index is 1.55. The lowest BCUT2D eigenvalue weighted by Gasteiger charge is -2.21. The van der Waals surface area contributed by atoms with Crippen LogP contribution in [-0.4, -0.2) is 30.0 Å². The predicted octanol–water partition coefficient (Wildman–Crippen LogP) is 3.26. The van der Waals surface area contributed by atoms with Crippen molar-refractivity contribution in [1.82, 2.24) is 5.32 Å². The summed E-state index contributed by atoms with van der Waals surface area (Å²) in [4.78, 5) is 12.0. The van der Waals surface area contributed by atoms with E-state index in [0.29, 0.717) is 11.0 Å². The van der Waals surface area contributed by atoms with Gasteiger partial charge in [0.05, 0.1) is 5.75 Å². The third-order valence-electron chi connectivity index (χ3n) is 3.77. The molecule has 0 radical (unpaired) electrons. The second-order valence-electron chi connectivity index (χ2n) is 5.37. The van der Waals surface area contributed by atoms with Crippen LogP contribution in [0.2, 0.25) is 0 Å². The zero-order chi connectivity index (χ0) is 14.5. The summed E-state index contributed by atoms with van der Waals surface area (Å²) in [6.45, 7) is 2.15. The molecule has 0 aromatic heterocycles. The second-order valence-corrected chi connectivity index (χ2v) is 6.66. The molecule has 2 N–H and O–H groups in total. The summed E-state index contributed by atoms with van der Waals surface area (Å²) < 4.78 is 0. The Bertz CT molecular complexity index is 623. The fraction of sp³-hybridized carbons (Fsp3) is 0.353. The summed E-state index contributed by atoms with van der Waals surface area (Å²) in [6.07, 6.45) is 2.32. The molecule has 4 heteroatoms. The molecule has 2 aromatic rings. The van der Waals surface area contributed by atoms with E-state index in [1.807, 2.05) is 30.3 Å². The lowest BCUT2D eigenvalue weighted by molar-refractivity contribution is -0.113. The maximum Gasteiger partial charge on any atom is 0.234 e. The zero-order valence-electron chi connectivity index (χ0n) is 12.0.